The third kappa shape index (κ3) is 2.14. The van der Waals surface area contributed by atoms with Crippen molar-refractivity contribution < 1.29 is 19.4 Å². The molecule has 104 valence electrons. The first-order chi connectivity index (χ1) is 9.06. The van der Waals surface area contributed by atoms with E-state index in [1.807, 2.05) is 0 Å². The average Bonchev–Trinajstić information content (AvgIpc) is 2.88. The van der Waals surface area contributed by atoms with Gasteiger partial charge in [0.15, 0.2) is 0 Å². The van der Waals surface area contributed by atoms with Gasteiger partial charge in [-0.25, -0.2) is 0 Å². The first-order valence-corrected chi connectivity index (χ1v) is 6.59. The molecule has 2 rings (SSSR count). The van der Waals surface area contributed by atoms with Gasteiger partial charge in [-0.15, -0.1) is 0 Å². The molecule has 0 aromatic heterocycles. The minimum atomic E-state index is -0.888. The number of carboxylic acids is 1. The highest BCUT2D eigenvalue weighted by Gasteiger charge is 2.45. The normalized spacial score (nSPS) is 17.2. The monoisotopic (exact) mass is 284 g/mol. The lowest BCUT2D eigenvalue weighted by Crippen LogP contribution is -2.33. The first-order valence-electron chi connectivity index (χ1n) is 6.21. The van der Waals surface area contributed by atoms with Crippen molar-refractivity contribution >= 4 is 17.6 Å². The molecule has 1 fully saturated rings. The lowest BCUT2D eigenvalue weighted by molar-refractivity contribution is -0.143. The van der Waals surface area contributed by atoms with E-state index in [1.165, 1.54) is 14.2 Å². The van der Waals surface area contributed by atoms with Crippen LogP contribution in [0.5, 0.6) is 11.5 Å². The van der Waals surface area contributed by atoms with Crippen LogP contribution in [0.25, 0.3) is 0 Å². The number of carboxylic acid groups (broad SMARTS) is 1. The number of halogens is 1. The molecule has 0 spiro atoms. The minimum Gasteiger partial charge on any atom is -0.495 e. The SMILES string of the molecule is COc1ccc(C2(C(=O)O)CCCC2)c(OC)c1Cl. The standard InChI is InChI=1S/C14H17ClO4/c1-18-10-6-5-9(12(19-2)11(10)15)14(13(16)17)7-3-4-8-14/h5-6H,3-4,7-8H2,1-2H3,(H,16,17). The number of benzene rings is 1. The number of aliphatic carboxylic acids is 1. The Bertz CT molecular complexity index is 492. The van der Waals surface area contributed by atoms with E-state index in [2.05, 4.69) is 0 Å². The van der Waals surface area contributed by atoms with Crippen molar-refractivity contribution in [3.05, 3.63) is 22.7 Å². The van der Waals surface area contributed by atoms with E-state index in [4.69, 9.17) is 21.1 Å². The van der Waals surface area contributed by atoms with Gasteiger partial charge in [0.05, 0.1) is 19.6 Å². The molecule has 0 heterocycles. The molecule has 4 nitrogen and oxygen atoms in total. The smallest absolute Gasteiger partial charge is 0.314 e. The minimum absolute atomic E-state index is 0.329. The molecule has 0 atom stereocenters. The zero-order valence-electron chi connectivity index (χ0n) is 11.0. The van der Waals surface area contributed by atoms with Crippen LogP contribution in [0.15, 0.2) is 12.1 Å². The molecule has 1 aliphatic carbocycles. The van der Waals surface area contributed by atoms with Gasteiger partial charge in [-0.1, -0.05) is 30.5 Å². The summed E-state index contributed by atoms with van der Waals surface area (Å²) in [4.78, 5) is 11.7. The summed E-state index contributed by atoms with van der Waals surface area (Å²) >= 11 is 6.22. The van der Waals surface area contributed by atoms with Crippen LogP contribution in [-0.2, 0) is 10.2 Å². The number of ether oxygens (including phenoxy) is 2. The summed E-state index contributed by atoms with van der Waals surface area (Å²) in [6.45, 7) is 0. The van der Waals surface area contributed by atoms with Gasteiger partial charge in [-0.05, 0) is 18.9 Å². The van der Waals surface area contributed by atoms with Gasteiger partial charge in [0.25, 0.3) is 0 Å². The maximum absolute atomic E-state index is 11.7. The lowest BCUT2D eigenvalue weighted by Gasteiger charge is -2.27. The topological polar surface area (TPSA) is 55.8 Å². The van der Waals surface area contributed by atoms with Gasteiger partial charge in [0.2, 0.25) is 0 Å². The number of hydrogen-bond donors (Lipinski definition) is 1. The van der Waals surface area contributed by atoms with Gasteiger partial charge in [0.1, 0.15) is 16.5 Å². The predicted molar refractivity (Wildman–Crippen MR) is 72.3 cm³/mol. The van der Waals surface area contributed by atoms with Crippen molar-refractivity contribution in [1.29, 1.82) is 0 Å². The van der Waals surface area contributed by atoms with Gasteiger partial charge in [-0.2, -0.15) is 0 Å². The van der Waals surface area contributed by atoms with E-state index in [9.17, 15) is 9.90 Å². The second-order valence-electron chi connectivity index (χ2n) is 4.76. The molecular formula is C14H17ClO4. The Morgan fingerprint density at radius 3 is 2.37 bits per heavy atom. The van der Waals surface area contributed by atoms with Gasteiger partial charge in [-0.3, -0.25) is 4.79 Å². The Kier molecular flexibility index (Phi) is 3.90. The number of methoxy groups -OCH3 is 2. The second-order valence-corrected chi connectivity index (χ2v) is 5.13. The Labute approximate surface area is 117 Å². The summed E-state index contributed by atoms with van der Waals surface area (Å²) in [6.07, 6.45) is 3.03. The number of carbonyl (C=O) groups is 1. The highest BCUT2D eigenvalue weighted by molar-refractivity contribution is 6.33. The first kappa shape index (κ1) is 14.0. The third-order valence-electron chi connectivity index (χ3n) is 3.87. The van der Waals surface area contributed by atoms with Gasteiger partial charge >= 0.3 is 5.97 Å². The Balaban J connectivity index is 2.61. The van der Waals surface area contributed by atoms with E-state index in [-0.39, 0.29) is 0 Å². The summed E-state index contributed by atoms with van der Waals surface area (Å²) in [5.41, 5.74) is -0.243. The summed E-state index contributed by atoms with van der Waals surface area (Å²) in [5.74, 6) is 0.0793. The fourth-order valence-electron chi connectivity index (χ4n) is 2.85. The number of hydrogen-bond acceptors (Lipinski definition) is 3. The van der Waals surface area contributed by atoms with Crippen LogP contribution in [0.3, 0.4) is 0 Å². The van der Waals surface area contributed by atoms with Crippen molar-refractivity contribution in [2.45, 2.75) is 31.1 Å². The molecule has 5 heteroatoms. The molecule has 0 amide bonds. The molecule has 0 radical (unpaired) electrons. The average molecular weight is 285 g/mol. The van der Waals surface area contributed by atoms with Gasteiger partial charge < -0.3 is 14.6 Å². The Morgan fingerprint density at radius 2 is 1.89 bits per heavy atom. The maximum atomic E-state index is 11.7. The molecule has 0 saturated heterocycles. The fraction of sp³-hybridized carbons (Fsp3) is 0.500. The third-order valence-corrected chi connectivity index (χ3v) is 4.23. The van der Waals surface area contributed by atoms with Crippen LogP contribution >= 0.6 is 11.6 Å². The van der Waals surface area contributed by atoms with Crippen LogP contribution in [0.2, 0.25) is 5.02 Å². The lowest BCUT2D eigenvalue weighted by atomic mass is 9.78. The highest BCUT2D eigenvalue weighted by Crippen LogP contribution is 2.49. The van der Waals surface area contributed by atoms with E-state index < -0.39 is 11.4 Å². The predicted octanol–water partition coefficient (Wildman–Crippen LogP) is 3.25. The van der Waals surface area contributed by atoms with Crippen LogP contribution in [0.1, 0.15) is 31.2 Å². The molecule has 1 aliphatic rings. The molecule has 0 bridgehead atoms. The van der Waals surface area contributed by atoms with Crippen molar-refractivity contribution in [1.82, 2.24) is 0 Å². The van der Waals surface area contributed by atoms with E-state index in [0.29, 0.717) is 34.9 Å². The molecule has 1 N–H and O–H groups in total. The van der Waals surface area contributed by atoms with Crippen LogP contribution in [-0.4, -0.2) is 25.3 Å². The second kappa shape index (κ2) is 5.29. The summed E-state index contributed by atoms with van der Waals surface area (Å²) in [6, 6.07) is 3.45. The molecule has 1 saturated carbocycles. The maximum Gasteiger partial charge on any atom is 0.314 e. The summed E-state index contributed by atoms with van der Waals surface area (Å²) in [5, 5.41) is 9.95. The molecule has 0 aliphatic heterocycles. The molecule has 1 aromatic carbocycles. The molecule has 0 unspecified atom stereocenters. The quantitative estimate of drug-likeness (QED) is 0.922. The Hall–Kier alpha value is -1.42. The van der Waals surface area contributed by atoms with E-state index in [0.717, 1.165) is 12.8 Å². The number of rotatable bonds is 4. The van der Waals surface area contributed by atoms with Crippen LogP contribution in [0.4, 0.5) is 0 Å². The zero-order chi connectivity index (χ0) is 14.0. The van der Waals surface area contributed by atoms with Crippen molar-refractivity contribution in [2.75, 3.05) is 14.2 Å². The summed E-state index contributed by atoms with van der Waals surface area (Å²) < 4.78 is 10.5. The van der Waals surface area contributed by atoms with Crippen molar-refractivity contribution in [3.8, 4) is 11.5 Å². The van der Waals surface area contributed by atoms with Crippen LogP contribution < -0.4 is 9.47 Å². The fourth-order valence-corrected chi connectivity index (χ4v) is 3.17. The van der Waals surface area contributed by atoms with E-state index in [1.54, 1.807) is 12.1 Å². The highest BCUT2D eigenvalue weighted by atomic mass is 35.5. The Morgan fingerprint density at radius 1 is 1.26 bits per heavy atom. The van der Waals surface area contributed by atoms with Crippen LogP contribution in [0, 0.1) is 0 Å². The molecule has 19 heavy (non-hydrogen) atoms. The largest absolute Gasteiger partial charge is 0.495 e. The van der Waals surface area contributed by atoms with Gasteiger partial charge in [0, 0.05) is 5.56 Å². The van der Waals surface area contributed by atoms with Crippen molar-refractivity contribution in [2.24, 2.45) is 0 Å². The summed E-state index contributed by atoms with van der Waals surface area (Å²) in [7, 11) is 3.01. The zero-order valence-corrected chi connectivity index (χ0v) is 11.8. The molecule has 1 aromatic rings. The van der Waals surface area contributed by atoms with Crippen molar-refractivity contribution in [3.63, 3.8) is 0 Å². The van der Waals surface area contributed by atoms with E-state index >= 15 is 0 Å². The molecular weight excluding hydrogens is 268 g/mol.